The molecular weight excluding hydrogens is 132 g/mol. The number of nitrogens with two attached hydrogens (primary N) is 2. The largest absolute Gasteiger partial charge is 0.394 e. The standard InChI is InChI=1S/C6H16N2O2/c7-3-1-2-6(8,4-9)5-10/h9-10H,1-5,7-8H2. The summed E-state index contributed by atoms with van der Waals surface area (Å²) in [6.07, 6.45) is 1.30. The molecule has 0 aliphatic heterocycles. The third-order valence-corrected chi connectivity index (χ3v) is 1.51. The lowest BCUT2D eigenvalue weighted by molar-refractivity contribution is 0.113. The molecule has 6 N–H and O–H groups in total. The van der Waals surface area contributed by atoms with Gasteiger partial charge in [-0.1, -0.05) is 0 Å². The second-order valence-electron chi connectivity index (χ2n) is 2.57. The van der Waals surface area contributed by atoms with Crippen molar-refractivity contribution in [3.8, 4) is 0 Å². The predicted octanol–water partition coefficient (Wildman–Crippen LogP) is -1.59. The van der Waals surface area contributed by atoms with Gasteiger partial charge in [-0.15, -0.1) is 0 Å². The molecule has 0 aliphatic carbocycles. The van der Waals surface area contributed by atoms with E-state index in [4.69, 9.17) is 21.7 Å². The Morgan fingerprint density at radius 1 is 1.20 bits per heavy atom. The molecular formula is C6H16N2O2. The van der Waals surface area contributed by atoms with E-state index in [2.05, 4.69) is 0 Å². The highest BCUT2D eigenvalue weighted by molar-refractivity contribution is 4.81. The van der Waals surface area contributed by atoms with Crippen molar-refractivity contribution in [2.45, 2.75) is 18.4 Å². The number of hydrogen-bond acceptors (Lipinski definition) is 4. The van der Waals surface area contributed by atoms with Crippen LogP contribution in [0.15, 0.2) is 0 Å². The minimum atomic E-state index is -0.834. The Labute approximate surface area is 60.8 Å². The average molecular weight is 148 g/mol. The SMILES string of the molecule is NCCCC(N)(CO)CO. The van der Waals surface area contributed by atoms with Crippen LogP contribution >= 0.6 is 0 Å². The quantitative estimate of drug-likeness (QED) is 0.378. The molecule has 0 saturated carbocycles. The molecule has 0 atom stereocenters. The maximum atomic E-state index is 8.69. The van der Waals surface area contributed by atoms with Crippen molar-refractivity contribution in [3.05, 3.63) is 0 Å². The first-order valence-corrected chi connectivity index (χ1v) is 3.39. The van der Waals surface area contributed by atoms with Gasteiger partial charge in [0.2, 0.25) is 0 Å². The molecule has 62 valence electrons. The fourth-order valence-electron chi connectivity index (χ4n) is 0.662. The summed E-state index contributed by atoms with van der Waals surface area (Å²) in [6.45, 7) is 0.159. The minimum Gasteiger partial charge on any atom is -0.394 e. The van der Waals surface area contributed by atoms with Crippen LogP contribution in [-0.2, 0) is 0 Å². The fourth-order valence-corrected chi connectivity index (χ4v) is 0.662. The number of aliphatic hydroxyl groups excluding tert-OH is 2. The highest BCUT2D eigenvalue weighted by atomic mass is 16.3. The molecule has 10 heavy (non-hydrogen) atoms. The van der Waals surface area contributed by atoms with Gasteiger partial charge in [0.25, 0.3) is 0 Å². The molecule has 0 aliphatic rings. The molecule has 0 fully saturated rings. The lowest BCUT2D eigenvalue weighted by Gasteiger charge is -2.23. The van der Waals surface area contributed by atoms with Crippen molar-refractivity contribution in [1.29, 1.82) is 0 Å². The van der Waals surface area contributed by atoms with E-state index in [1.54, 1.807) is 0 Å². The van der Waals surface area contributed by atoms with Crippen molar-refractivity contribution in [3.63, 3.8) is 0 Å². The van der Waals surface area contributed by atoms with Crippen LogP contribution in [-0.4, -0.2) is 35.5 Å². The molecule has 0 aromatic carbocycles. The fraction of sp³-hybridized carbons (Fsp3) is 1.00. The van der Waals surface area contributed by atoms with Gasteiger partial charge in [-0.05, 0) is 19.4 Å². The number of rotatable bonds is 5. The summed E-state index contributed by atoms with van der Waals surface area (Å²) in [6, 6.07) is 0. The summed E-state index contributed by atoms with van der Waals surface area (Å²) in [7, 11) is 0. The third-order valence-electron chi connectivity index (χ3n) is 1.51. The second kappa shape index (κ2) is 4.62. The molecule has 0 bridgehead atoms. The summed E-state index contributed by atoms with van der Waals surface area (Å²) in [4.78, 5) is 0. The van der Waals surface area contributed by atoms with Crippen molar-refractivity contribution >= 4 is 0 Å². The second-order valence-corrected chi connectivity index (χ2v) is 2.57. The third kappa shape index (κ3) is 3.12. The van der Waals surface area contributed by atoms with Crippen molar-refractivity contribution in [2.75, 3.05) is 19.8 Å². The maximum absolute atomic E-state index is 8.69. The zero-order chi connectivity index (χ0) is 8.04. The first-order chi connectivity index (χ1) is 4.68. The van der Waals surface area contributed by atoms with E-state index in [-0.39, 0.29) is 13.2 Å². The van der Waals surface area contributed by atoms with Gasteiger partial charge in [0.15, 0.2) is 0 Å². The lowest BCUT2D eigenvalue weighted by Crippen LogP contribution is -2.47. The maximum Gasteiger partial charge on any atom is 0.0633 e. The van der Waals surface area contributed by atoms with Gasteiger partial charge in [-0.2, -0.15) is 0 Å². The molecule has 0 unspecified atom stereocenters. The summed E-state index contributed by atoms with van der Waals surface area (Å²) in [5.74, 6) is 0. The topological polar surface area (TPSA) is 92.5 Å². The van der Waals surface area contributed by atoms with Gasteiger partial charge in [-0.3, -0.25) is 0 Å². The molecule has 0 heterocycles. The first kappa shape index (κ1) is 9.84. The van der Waals surface area contributed by atoms with Crippen molar-refractivity contribution in [2.24, 2.45) is 11.5 Å². The van der Waals surface area contributed by atoms with E-state index in [0.717, 1.165) is 6.42 Å². The van der Waals surface area contributed by atoms with Crippen LogP contribution in [0.3, 0.4) is 0 Å². The highest BCUT2D eigenvalue weighted by Gasteiger charge is 2.21. The van der Waals surface area contributed by atoms with E-state index in [1.165, 1.54) is 0 Å². The van der Waals surface area contributed by atoms with Crippen LogP contribution in [0.5, 0.6) is 0 Å². The Bertz CT molecular complexity index is 83.8. The van der Waals surface area contributed by atoms with Crippen LogP contribution in [0.25, 0.3) is 0 Å². The summed E-state index contributed by atoms with van der Waals surface area (Å²) in [5, 5.41) is 17.4. The van der Waals surface area contributed by atoms with E-state index in [9.17, 15) is 0 Å². The van der Waals surface area contributed by atoms with Crippen LogP contribution < -0.4 is 11.5 Å². The van der Waals surface area contributed by atoms with Crippen molar-refractivity contribution < 1.29 is 10.2 Å². The smallest absolute Gasteiger partial charge is 0.0633 e. The van der Waals surface area contributed by atoms with Gasteiger partial charge >= 0.3 is 0 Å². The Hall–Kier alpha value is -0.160. The Morgan fingerprint density at radius 2 is 1.70 bits per heavy atom. The molecule has 4 nitrogen and oxygen atoms in total. The van der Waals surface area contributed by atoms with E-state index in [1.807, 2.05) is 0 Å². The van der Waals surface area contributed by atoms with Gasteiger partial charge in [0, 0.05) is 0 Å². The number of hydrogen-bond donors (Lipinski definition) is 4. The molecule has 0 spiro atoms. The van der Waals surface area contributed by atoms with Gasteiger partial charge < -0.3 is 21.7 Å². The lowest BCUT2D eigenvalue weighted by atomic mass is 9.97. The predicted molar refractivity (Wildman–Crippen MR) is 39.4 cm³/mol. The molecule has 0 amide bonds. The van der Waals surface area contributed by atoms with Gasteiger partial charge in [0.05, 0.1) is 18.8 Å². The molecule has 4 heteroatoms. The zero-order valence-electron chi connectivity index (χ0n) is 6.08. The van der Waals surface area contributed by atoms with E-state index in [0.29, 0.717) is 13.0 Å². The summed E-state index contributed by atoms with van der Waals surface area (Å²) >= 11 is 0. The zero-order valence-corrected chi connectivity index (χ0v) is 6.08. The van der Waals surface area contributed by atoms with Gasteiger partial charge in [-0.25, -0.2) is 0 Å². The van der Waals surface area contributed by atoms with Crippen molar-refractivity contribution in [1.82, 2.24) is 0 Å². The average Bonchev–Trinajstić information content (AvgIpc) is 2.00. The van der Waals surface area contributed by atoms with Crippen LogP contribution in [0.4, 0.5) is 0 Å². The Balaban J connectivity index is 3.58. The molecule has 0 aromatic rings. The molecule has 0 saturated heterocycles. The molecule has 0 radical (unpaired) electrons. The first-order valence-electron chi connectivity index (χ1n) is 3.39. The molecule has 0 aromatic heterocycles. The highest BCUT2D eigenvalue weighted by Crippen LogP contribution is 2.06. The summed E-state index contributed by atoms with van der Waals surface area (Å²) in [5.41, 5.74) is 9.92. The van der Waals surface area contributed by atoms with E-state index < -0.39 is 5.54 Å². The minimum absolute atomic E-state index is 0.191. The normalized spacial score (nSPS) is 12.0. The summed E-state index contributed by atoms with van der Waals surface area (Å²) < 4.78 is 0. The van der Waals surface area contributed by atoms with Crippen LogP contribution in [0.1, 0.15) is 12.8 Å². The number of aliphatic hydroxyl groups is 2. The Morgan fingerprint density at radius 3 is 2.00 bits per heavy atom. The Kier molecular flexibility index (Phi) is 4.55. The van der Waals surface area contributed by atoms with Gasteiger partial charge in [0.1, 0.15) is 0 Å². The molecule has 0 rings (SSSR count). The van der Waals surface area contributed by atoms with Crippen LogP contribution in [0.2, 0.25) is 0 Å². The van der Waals surface area contributed by atoms with Crippen LogP contribution in [0, 0.1) is 0 Å². The van der Waals surface area contributed by atoms with E-state index >= 15 is 0 Å². The monoisotopic (exact) mass is 148 g/mol.